The molecule has 2 N–H and O–H groups in total. The first-order chi connectivity index (χ1) is 14.7. The number of imidazole rings is 1. The number of carbonyl (C=O) groups is 2. The number of nitrogens with one attached hydrogen (secondary N) is 2. The molecule has 2 amide bonds. The number of aromatic nitrogens is 2. The minimum Gasteiger partial charge on any atom is -0.357 e. The van der Waals surface area contributed by atoms with Crippen LogP contribution >= 0.6 is 0 Å². The minimum absolute atomic E-state index is 0.201. The van der Waals surface area contributed by atoms with Gasteiger partial charge in [0, 0.05) is 33.2 Å². The second-order valence-corrected chi connectivity index (χ2v) is 9.81. The van der Waals surface area contributed by atoms with Gasteiger partial charge in [-0.1, -0.05) is 33.3 Å². The van der Waals surface area contributed by atoms with Crippen LogP contribution in [0.15, 0.2) is 6.08 Å². The number of hydrogen-bond acceptors (Lipinski definition) is 5. The van der Waals surface area contributed by atoms with Gasteiger partial charge in [0.15, 0.2) is 5.69 Å². The third-order valence-corrected chi connectivity index (χ3v) is 6.17. The zero-order valence-corrected chi connectivity index (χ0v) is 19.7. The number of carbonyl (C=O) groups excluding carboxylic acids is 2. The predicted octanol–water partition coefficient (Wildman–Crippen LogP) is 1.72. The number of likely N-dealkylation sites (N-methyl/N-ethyl adjacent to an activating group) is 2. The van der Waals surface area contributed by atoms with Gasteiger partial charge in [-0.2, -0.15) is 0 Å². The van der Waals surface area contributed by atoms with E-state index in [1.807, 2.05) is 33.9 Å². The molecule has 0 bridgehead atoms. The molecule has 8 heteroatoms. The number of likely N-dealkylation sites (tertiary alicyclic amines) is 1. The third kappa shape index (κ3) is 5.74. The van der Waals surface area contributed by atoms with E-state index in [4.69, 9.17) is 4.98 Å². The molecule has 1 unspecified atom stereocenters. The quantitative estimate of drug-likeness (QED) is 0.718. The molecule has 0 radical (unpaired) electrons. The minimum atomic E-state index is -0.637. The lowest BCUT2D eigenvalue weighted by atomic mass is 9.86. The van der Waals surface area contributed by atoms with Crippen molar-refractivity contribution >= 4 is 17.9 Å². The van der Waals surface area contributed by atoms with Crippen LogP contribution in [0, 0.1) is 5.41 Å². The van der Waals surface area contributed by atoms with E-state index in [2.05, 4.69) is 31.1 Å². The number of hydrogen-bond donors (Lipinski definition) is 2. The molecule has 1 atom stereocenters. The van der Waals surface area contributed by atoms with E-state index in [9.17, 15) is 9.59 Å². The van der Waals surface area contributed by atoms with Crippen molar-refractivity contribution in [1.29, 1.82) is 0 Å². The Morgan fingerprint density at radius 1 is 1.13 bits per heavy atom. The van der Waals surface area contributed by atoms with E-state index in [1.54, 1.807) is 7.05 Å². The summed E-state index contributed by atoms with van der Waals surface area (Å²) in [7, 11) is 3.64. The SMILES string of the molecule is CNC(=O)C(NC(=O)c1nc(/C=C/CN2CCCCC2)n2c1CN(C)CC2)C(C)(C)C. The Labute approximate surface area is 186 Å². The fourth-order valence-electron chi connectivity index (χ4n) is 4.30. The van der Waals surface area contributed by atoms with Crippen LogP contribution < -0.4 is 10.6 Å². The van der Waals surface area contributed by atoms with Gasteiger partial charge in [0.25, 0.3) is 5.91 Å². The van der Waals surface area contributed by atoms with Crippen molar-refractivity contribution in [2.45, 2.75) is 59.2 Å². The van der Waals surface area contributed by atoms with Gasteiger partial charge in [-0.25, -0.2) is 4.98 Å². The second kappa shape index (κ2) is 9.96. The molecule has 3 rings (SSSR count). The van der Waals surface area contributed by atoms with E-state index in [1.165, 1.54) is 19.3 Å². The van der Waals surface area contributed by atoms with Gasteiger partial charge < -0.3 is 15.2 Å². The second-order valence-electron chi connectivity index (χ2n) is 9.81. The monoisotopic (exact) mass is 430 g/mol. The van der Waals surface area contributed by atoms with Crippen molar-refractivity contribution in [3.8, 4) is 0 Å². The number of fused-ring (bicyclic) bond motifs is 1. The van der Waals surface area contributed by atoms with Crippen molar-refractivity contribution in [3.63, 3.8) is 0 Å². The normalized spacial score (nSPS) is 19.3. The number of nitrogens with zero attached hydrogens (tertiary/aromatic N) is 4. The van der Waals surface area contributed by atoms with Gasteiger partial charge in [-0.3, -0.25) is 19.4 Å². The standard InChI is InChI=1S/C23H38N6O2/c1-23(2,3)20(22(31)24-4)26-21(30)19-17-16-27(5)14-15-29(17)18(25-19)10-9-13-28-11-7-6-8-12-28/h9-10,20H,6-8,11-16H2,1-5H3,(H,24,31)(H,26,30)/b10-9+. The average Bonchev–Trinajstić information content (AvgIpc) is 3.09. The molecule has 0 saturated carbocycles. The number of amides is 2. The summed E-state index contributed by atoms with van der Waals surface area (Å²) < 4.78 is 2.15. The molecule has 0 aliphatic carbocycles. The summed E-state index contributed by atoms with van der Waals surface area (Å²) in [5.41, 5.74) is 0.916. The first-order valence-electron chi connectivity index (χ1n) is 11.4. The zero-order valence-electron chi connectivity index (χ0n) is 19.7. The Kier molecular flexibility index (Phi) is 7.54. The summed E-state index contributed by atoms with van der Waals surface area (Å²) in [5, 5.41) is 5.59. The smallest absolute Gasteiger partial charge is 0.272 e. The fraction of sp³-hybridized carbons (Fsp3) is 0.696. The Bertz CT molecular complexity index is 817. The Morgan fingerprint density at radius 3 is 2.48 bits per heavy atom. The van der Waals surface area contributed by atoms with Gasteiger partial charge in [-0.15, -0.1) is 0 Å². The van der Waals surface area contributed by atoms with Crippen LogP contribution in [-0.4, -0.2) is 77.5 Å². The number of piperidine rings is 1. The van der Waals surface area contributed by atoms with E-state index in [-0.39, 0.29) is 11.8 Å². The molecule has 31 heavy (non-hydrogen) atoms. The summed E-state index contributed by atoms with van der Waals surface area (Å²) in [4.78, 5) is 35.0. The molecular formula is C23H38N6O2. The first-order valence-corrected chi connectivity index (χ1v) is 11.4. The molecule has 1 fully saturated rings. The molecule has 1 saturated heterocycles. The average molecular weight is 431 g/mol. The topological polar surface area (TPSA) is 82.5 Å². The lowest BCUT2D eigenvalue weighted by Gasteiger charge is -2.30. The Hall–Kier alpha value is -2.19. The molecule has 1 aromatic heterocycles. The van der Waals surface area contributed by atoms with Gasteiger partial charge >= 0.3 is 0 Å². The maximum absolute atomic E-state index is 13.2. The molecule has 172 valence electrons. The van der Waals surface area contributed by atoms with Crippen LogP contribution in [0.3, 0.4) is 0 Å². The van der Waals surface area contributed by atoms with E-state index in [0.717, 1.165) is 44.2 Å². The summed E-state index contributed by atoms with van der Waals surface area (Å²) in [6.45, 7) is 11.4. The molecule has 0 spiro atoms. The van der Waals surface area contributed by atoms with Gasteiger partial charge in [0.1, 0.15) is 11.9 Å². The van der Waals surface area contributed by atoms with Crippen LogP contribution in [0.5, 0.6) is 0 Å². The van der Waals surface area contributed by atoms with Crippen LogP contribution in [0.4, 0.5) is 0 Å². The molecule has 2 aliphatic heterocycles. The summed E-state index contributed by atoms with van der Waals surface area (Å²) >= 11 is 0. The zero-order chi connectivity index (χ0) is 22.6. The highest BCUT2D eigenvalue weighted by Crippen LogP contribution is 2.23. The first kappa shape index (κ1) is 23.5. The lowest BCUT2D eigenvalue weighted by molar-refractivity contribution is -0.124. The molecule has 8 nitrogen and oxygen atoms in total. The van der Waals surface area contributed by atoms with Gasteiger partial charge in [0.05, 0.1) is 5.69 Å². The van der Waals surface area contributed by atoms with Crippen LogP contribution in [0.1, 0.15) is 62.0 Å². The molecule has 2 aliphatic rings. The maximum Gasteiger partial charge on any atom is 0.272 e. The molecular weight excluding hydrogens is 392 g/mol. The van der Waals surface area contributed by atoms with E-state index < -0.39 is 11.5 Å². The number of rotatable bonds is 6. The highest BCUT2D eigenvalue weighted by molar-refractivity contribution is 5.97. The maximum atomic E-state index is 13.2. The van der Waals surface area contributed by atoms with E-state index in [0.29, 0.717) is 12.2 Å². The van der Waals surface area contributed by atoms with Gasteiger partial charge in [-0.05, 0) is 44.5 Å². The highest BCUT2D eigenvalue weighted by atomic mass is 16.2. The van der Waals surface area contributed by atoms with Crippen molar-refractivity contribution in [1.82, 2.24) is 30.0 Å². The summed E-state index contributed by atoms with van der Waals surface area (Å²) in [6.07, 6.45) is 8.06. The molecule has 1 aromatic rings. The van der Waals surface area contributed by atoms with Crippen LogP contribution in [0.25, 0.3) is 6.08 Å². The Morgan fingerprint density at radius 2 is 1.84 bits per heavy atom. The van der Waals surface area contributed by atoms with Crippen molar-refractivity contribution in [3.05, 3.63) is 23.3 Å². The van der Waals surface area contributed by atoms with Crippen molar-refractivity contribution < 1.29 is 9.59 Å². The fourth-order valence-corrected chi connectivity index (χ4v) is 4.30. The van der Waals surface area contributed by atoms with Crippen molar-refractivity contribution in [2.24, 2.45) is 5.41 Å². The highest BCUT2D eigenvalue weighted by Gasteiger charge is 2.34. The largest absolute Gasteiger partial charge is 0.357 e. The van der Waals surface area contributed by atoms with E-state index >= 15 is 0 Å². The Balaban J connectivity index is 1.82. The lowest BCUT2D eigenvalue weighted by Crippen LogP contribution is -2.53. The van der Waals surface area contributed by atoms with Gasteiger partial charge in [0.2, 0.25) is 5.91 Å². The third-order valence-electron chi connectivity index (χ3n) is 6.17. The predicted molar refractivity (Wildman–Crippen MR) is 123 cm³/mol. The molecule has 0 aromatic carbocycles. The molecule has 3 heterocycles. The summed E-state index contributed by atoms with van der Waals surface area (Å²) in [5.74, 6) is 0.323. The van der Waals surface area contributed by atoms with Crippen LogP contribution in [-0.2, 0) is 17.9 Å². The summed E-state index contributed by atoms with van der Waals surface area (Å²) in [6, 6.07) is -0.637. The van der Waals surface area contributed by atoms with Crippen LogP contribution in [0.2, 0.25) is 0 Å². The van der Waals surface area contributed by atoms with Crippen molar-refractivity contribution in [2.75, 3.05) is 40.3 Å².